The number of rotatable bonds is 5. The van der Waals surface area contributed by atoms with E-state index in [4.69, 9.17) is 4.74 Å². The van der Waals surface area contributed by atoms with Gasteiger partial charge >= 0.3 is 5.82 Å². The number of benzene rings is 1. The molecule has 0 saturated carbocycles. The molecule has 0 aliphatic carbocycles. The summed E-state index contributed by atoms with van der Waals surface area (Å²) in [6.45, 7) is 2.00. The van der Waals surface area contributed by atoms with Gasteiger partial charge in [0.15, 0.2) is 6.20 Å². The highest BCUT2D eigenvalue weighted by Crippen LogP contribution is 2.22. The lowest BCUT2D eigenvalue weighted by atomic mass is 10.1. The monoisotopic (exact) mass is 273 g/mol. The number of nitro groups is 1. The van der Waals surface area contributed by atoms with Crippen molar-refractivity contribution in [1.29, 1.82) is 0 Å². The van der Waals surface area contributed by atoms with Crippen molar-refractivity contribution in [2.45, 2.75) is 13.0 Å². The third-order valence-electron chi connectivity index (χ3n) is 2.93. The fourth-order valence-electron chi connectivity index (χ4n) is 1.81. The molecule has 0 aliphatic heterocycles. The minimum atomic E-state index is -0.517. The molecule has 0 aliphatic rings. The molecule has 1 atom stereocenters. The molecule has 6 heteroatoms. The van der Waals surface area contributed by atoms with E-state index in [1.807, 2.05) is 31.2 Å². The Hall–Kier alpha value is -2.63. The molecule has 20 heavy (non-hydrogen) atoms. The van der Waals surface area contributed by atoms with Crippen molar-refractivity contribution in [2.75, 3.05) is 12.4 Å². The Labute approximate surface area is 116 Å². The van der Waals surface area contributed by atoms with Gasteiger partial charge in [0, 0.05) is 12.1 Å². The third kappa shape index (κ3) is 3.23. The summed E-state index contributed by atoms with van der Waals surface area (Å²) in [6, 6.07) is 10.8. The number of pyridine rings is 1. The fraction of sp³-hybridized carbons (Fsp3) is 0.214. The maximum absolute atomic E-state index is 10.5. The molecule has 0 bridgehead atoms. The van der Waals surface area contributed by atoms with Gasteiger partial charge in [-0.1, -0.05) is 12.1 Å². The molecule has 0 amide bonds. The van der Waals surface area contributed by atoms with Crippen LogP contribution >= 0.6 is 0 Å². The van der Waals surface area contributed by atoms with Crippen LogP contribution in [0.5, 0.6) is 5.75 Å². The molecule has 104 valence electrons. The molecular formula is C14H15N3O3. The Balaban J connectivity index is 2.06. The molecular weight excluding hydrogens is 258 g/mol. The van der Waals surface area contributed by atoms with E-state index in [9.17, 15) is 10.1 Å². The van der Waals surface area contributed by atoms with Crippen molar-refractivity contribution in [3.63, 3.8) is 0 Å². The lowest BCUT2D eigenvalue weighted by Gasteiger charge is -2.15. The SMILES string of the molecule is COc1ccc(C(C)Nc2ccc([N+](=O)[O-])nc2)cc1. The van der Waals surface area contributed by atoms with Gasteiger partial charge in [0.2, 0.25) is 0 Å². The average Bonchev–Trinajstić information content (AvgIpc) is 2.48. The average molecular weight is 273 g/mol. The molecule has 0 radical (unpaired) electrons. The molecule has 1 aromatic carbocycles. The van der Waals surface area contributed by atoms with Crippen LogP contribution in [0.2, 0.25) is 0 Å². The number of anilines is 1. The Morgan fingerprint density at radius 3 is 2.45 bits per heavy atom. The van der Waals surface area contributed by atoms with Crippen LogP contribution in [-0.2, 0) is 0 Å². The first-order chi connectivity index (χ1) is 9.60. The van der Waals surface area contributed by atoms with E-state index in [1.54, 1.807) is 13.2 Å². The number of aromatic nitrogens is 1. The quantitative estimate of drug-likeness (QED) is 0.668. The van der Waals surface area contributed by atoms with Crippen LogP contribution in [0.25, 0.3) is 0 Å². The molecule has 0 fully saturated rings. The van der Waals surface area contributed by atoms with Crippen LogP contribution in [0, 0.1) is 10.1 Å². The smallest absolute Gasteiger partial charge is 0.363 e. The van der Waals surface area contributed by atoms with Crippen molar-refractivity contribution >= 4 is 11.5 Å². The number of methoxy groups -OCH3 is 1. The zero-order valence-corrected chi connectivity index (χ0v) is 11.2. The molecule has 2 rings (SSSR count). The second-order valence-corrected chi connectivity index (χ2v) is 4.30. The summed E-state index contributed by atoms with van der Waals surface area (Å²) in [6.07, 6.45) is 1.46. The summed E-state index contributed by atoms with van der Waals surface area (Å²) in [4.78, 5) is 13.8. The summed E-state index contributed by atoms with van der Waals surface area (Å²) in [5.41, 5.74) is 1.82. The van der Waals surface area contributed by atoms with E-state index in [-0.39, 0.29) is 11.9 Å². The Bertz CT molecular complexity index is 582. The number of nitrogens with one attached hydrogen (secondary N) is 1. The summed E-state index contributed by atoms with van der Waals surface area (Å²) in [5.74, 6) is 0.644. The predicted octanol–water partition coefficient (Wildman–Crippen LogP) is 3.17. The van der Waals surface area contributed by atoms with E-state index in [1.165, 1.54) is 12.3 Å². The lowest BCUT2D eigenvalue weighted by Crippen LogP contribution is -2.07. The first-order valence-corrected chi connectivity index (χ1v) is 6.11. The summed E-state index contributed by atoms with van der Waals surface area (Å²) < 4.78 is 5.11. The Kier molecular flexibility index (Phi) is 4.14. The normalized spacial score (nSPS) is 11.7. The topological polar surface area (TPSA) is 77.3 Å². The number of hydrogen-bond donors (Lipinski definition) is 1. The molecule has 2 aromatic rings. The molecule has 6 nitrogen and oxygen atoms in total. The molecule has 1 heterocycles. The Morgan fingerprint density at radius 2 is 1.95 bits per heavy atom. The zero-order chi connectivity index (χ0) is 14.5. The van der Waals surface area contributed by atoms with Gasteiger partial charge in [-0.25, -0.2) is 0 Å². The lowest BCUT2D eigenvalue weighted by molar-refractivity contribution is -0.389. The van der Waals surface area contributed by atoms with Crippen LogP contribution < -0.4 is 10.1 Å². The zero-order valence-electron chi connectivity index (χ0n) is 11.2. The van der Waals surface area contributed by atoms with Gasteiger partial charge in [0.25, 0.3) is 0 Å². The van der Waals surface area contributed by atoms with Gasteiger partial charge < -0.3 is 20.2 Å². The molecule has 1 N–H and O–H groups in total. The Morgan fingerprint density at radius 1 is 1.25 bits per heavy atom. The maximum atomic E-state index is 10.5. The van der Waals surface area contributed by atoms with E-state index >= 15 is 0 Å². The first-order valence-electron chi connectivity index (χ1n) is 6.11. The highest BCUT2D eigenvalue weighted by atomic mass is 16.6. The largest absolute Gasteiger partial charge is 0.497 e. The van der Waals surface area contributed by atoms with Crippen molar-refractivity contribution in [1.82, 2.24) is 4.98 Å². The van der Waals surface area contributed by atoms with Crippen molar-refractivity contribution in [2.24, 2.45) is 0 Å². The standard InChI is InChI=1S/C14H15N3O3/c1-10(11-3-6-13(20-2)7-4-11)16-12-5-8-14(15-9-12)17(18)19/h3-10,16H,1-2H3. The van der Waals surface area contributed by atoms with Crippen LogP contribution in [0.15, 0.2) is 42.6 Å². The highest BCUT2D eigenvalue weighted by Gasteiger charge is 2.09. The van der Waals surface area contributed by atoms with E-state index in [0.717, 1.165) is 17.0 Å². The first kappa shape index (κ1) is 13.8. The molecule has 1 aromatic heterocycles. The number of nitrogens with zero attached hydrogens (tertiary/aromatic N) is 2. The highest BCUT2D eigenvalue weighted by molar-refractivity contribution is 5.46. The van der Waals surface area contributed by atoms with Crippen molar-refractivity contribution < 1.29 is 9.66 Å². The number of ether oxygens (including phenoxy) is 1. The van der Waals surface area contributed by atoms with Gasteiger partial charge in [-0.15, -0.1) is 0 Å². The van der Waals surface area contributed by atoms with Crippen LogP contribution in [0.3, 0.4) is 0 Å². The van der Waals surface area contributed by atoms with Gasteiger partial charge in [0.1, 0.15) is 5.75 Å². The van der Waals surface area contributed by atoms with Crippen molar-refractivity contribution in [3.05, 3.63) is 58.3 Å². The minimum Gasteiger partial charge on any atom is -0.497 e. The van der Waals surface area contributed by atoms with Crippen LogP contribution in [-0.4, -0.2) is 17.0 Å². The minimum absolute atomic E-state index is 0.0594. The van der Waals surface area contributed by atoms with Gasteiger partial charge in [-0.05, 0) is 40.6 Å². The summed E-state index contributed by atoms with van der Waals surface area (Å²) in [7, 11) is 1.62. The maximum Gasteiger partial charge on any atom is 0.363 e. The summed E-state index contributed by atoms with van der Waals surface area (Å²) >= 11 is 0. The van der Waals surface area contributed by atoms with Gasteiger partial charge in [-0.2, -0.15) is 0 Å². The molecule has 1 unspecified atom stereocenters. The summed E-state index contributed by atoms with van der Waals surface area (Å²) in [5, 5.41) is 13.8. The second kappa shape index (κ2) is 6.01. The predicted molar refractivity (Wildman–Crippen MR) is 75.9 cm³/mol. The van der Waals surface area contributed by atoms with Gasteiger partial charge in [0.05, 0.1) is 12.8 Å². The molecule has 0 spiro atoms. The second-order valence-electron chi connectivity index (χ2n) is 4.30. The third-order valence-corrected chi connectivity index (χ3v) is 2.93. The number of hydrogen-bond acceptors (Lipinski definition) is 5. The van der Waals surface area contributed by atoms with Gasteiger partial charge in [-0.3, -0.25) is 0 Å². The fourth-order valence-corrected chi connectivity index (χ4v) is 1.81. The van der Waals surface area contributed by atoms with Crippen molar-refractivity contribution in [3.8, 4) is 5.75 Å². The van der Waals surface area contributed by atoms with E-state index < -0.39 is 4.92 Å². The van der Waals surface area contributed by atoms with Crippen LogP contribution in [0.4, 0.5) is 11.5 Å². The van der Waals surface area contributed by atoms with E-state index in [2.05, 4.69) is 10.3 Å². The van der Waals surface area contributed by atoms with E-state index in [0.29, 0.717) is 0 Å². The van der Waals surface area contributed by atoms with Crippen LogP contribution in [0.1, 0.15) is 18.5 Å². The molecule has 0 saturated heterocycles.